The van der Waals surface area contributed by atoms with E-state index in [4.69, 9.17) is 19.2 Å². The smallest absolute Gasteiger partial charge is 0.227 e. The van der Waals surface area contributed by atoms with Crippen molar-refractivity contribution in [2.45, 2.75) is 25.9 Å². The molecule has 8 nitrogen and oxygen atoms in total. The van der Waals surface area contributed by atoms with Gasteiger partial charge in [0.1, 0.15) is 12.4 Å². The van der Waals surface area contributed by atoms with Gasteiger partial charge in [0.05, 0.1) is 25.5 Å². The standard InChI is InChI=1S/C27H31N5O3/c1-4-13-33-20-21-16-23(19-24(17-21)34-15-12-32-10-2-3-11-32)30-27-29-9-7-25(31-27)22-6-8-28-26(18-22)35-14-5-1/h1,4,6-9,16-19H,2-3,5,10-15,20H2,(H,29,30,31). The van der Waals surface area contributed by atoms with Crippen molar-refractivity contribution >= 4 is 11.6 Å². The maximum atomic E-state index is 6.13. The van der Waals surface area contributed by atoms with Crippen molar-refractivity contribution in [1.29, 1.82) is 0 Å². The van der Waals surface area contributed by atoms with Crippen LogP contribution in [-0.4, -0.2) is 59.3 Å². The van der Waals surface area contributed by atoms with E-state index in [9.17, 15) is 0 Å². The molecule has 5 rings (SSSR count). The van der Waals surface area contributed by atoms with Crippen LogP contribution in [0.4, 0.5) is 11.6 Å². The van der Waals surface area contributed by atoms with Crippen molar-refractivity contribution < 1.29 is 14.2 Å². The van der Waals surface area contributed by atoms with Gasteiger partial charge in [0, 0.05) is 42.3 Å². The summed E-state index contributed by atoms with van der Waals surface area (Å²) in [6.45, 7) is 5.48. The molecule has 8 heteroatoms. The van der Waals surface area contributed by atoms with Crippen molar-refractivity contribution in [3.63, 3.8) is 0 Å². The Bertz CT molecular complexity index is 1150. The number of fused-ring (bicyclic) bond motifs is 7. The van der Waals surface area contributed by atoms with Crippen molar-refractivity contribution in [3.8, 4) is 22.9 Å². The second-order valence-electron chi connectivity index (χ2n) is 8.66. The lowest BCUT2D eigenvalue weighted by molar-refractivity contribution is 0.148. The second-order valence-corrected chi connectivity index (χ2v) is 8.66. The molecular formula is C27H31N5O3. The Morgan fingerprint density at radius 3 is 2.86 bits per heavy atom. The summed E-state index contributed by atoms with van der Waals surface area (Å²) in [6, 6.07) is 11.8. The van der Waals surface area contributed by atoms with E-state index >= 15 is 0 Å². The molecule has 4 heterocycles. The summed E-state index contributed by atoms with van der Waals surface area (Å²) in [5, 5.41) is 3.34. The van der Waals surface area contributed by atoms with Crippen LogP contribution in [0.2, 0.25) is 0 Å². The lowest BCUT2D eigenvalue weighted by Crippen LogP contribution is -2.25. The minimum atomic E-state index is 0.480. The summed E-state index contributed by atoms with van der Waals surface area (Å²) in [5.74, 6) is 1.89. The van der Waals surface area contributed by atoms with Crippen molar-refractivity contribution in [2.24, 2.45) is 0 Å². The first kappa shape index (κ1) is 23.3. The van der Waals surface area contributed by atoms with Crippen molar-refractivity contribution in [2.75, 3.05) is 44.8 Å². The van der Waals surface area contributed by atoms with Gasteiger partial charge in [-0.15, -0.1) is 0 Å². The van der Waals surface area contributed by atoms with Crippen LogP contribution in [0.1, 0.15) is 24.8 Å². The van der Waals surface area contributed by atoms with Crippen LogP contribution in [0.15, 0.2) is 60.9 Å². The zero-order valence-electron chi connectivity index (χ0n) is 19.9. The molecule has 182 valence electrons. The van der Waals surface area contributed by atoms with Gasteiger partial charge in [-0.1, -0.05) is 12.2 Å². The van der Waals surface area contributed by atoms with E-state index in [1.54, 1.807) is 12.4 Å². The van der Waals surface area contributed by atoms with E-state index in [1.165, 1.54) is 12.8 Å². The molecule has 6 bridgehead atoms. The van der Waals surface area contributed by atoms with Gasteiger partial charge in [0.2, 0.25) is 11.8 Å². The highest BCUT2D eigenvalue weighted by atomic mass is 16.5. The lowest BCUT2D eigenvalue weighted by atomic mass is 10.2. The lowest BCUT2D eigenvalue weighted by Gasteiger charge is -2.16. The number of anilines is 2. The Labute approximate surface area is 206 Å². The fraction of sp³-hybridized carbons (Fsp3) is 0.370. The van der Waals surface area contributed by atoms with Gasteiger partial charge in [0.25, 0.3) is 0 Å². The zero-order chi connectivity index (χ0) is 23.7. The molecule has 0 aliphatic carbocycles. The van der Waals surface area contributed by atoms with Crippen LogP contribution in [0.25, 0.3) is 11.3 Å². The normalized spacial score (nSPS) is 16.6. The highest BCUT2D eigenvalue weighted by molar-refractivity contribution is 5.63. The fourth-order valence-electron chi connectivity index (χ4n) is 4.22. The molecule has 2 aromatic heterocycles. The summed E-state index contributed by atoms with van der Waals surface area (Å²) < 4.78 is 17.8. The first-order valence-electron chi connectivity index (χ1n) is 12.2. The zero-order valence-corrected chi connectivity index (χ0v) is 19.9. The molecule has 2 aliphatic rings. The van der Waals surface area contributed by atoms with E-state index in [1.807, 2.05) is 36.4 Å². The van der Waals surface area contributed by atoms with Gasteiger partial charge in [-0.3, -0.25) is 4.90 Å². The Kier molecular flexibility index (Phi) is 7.82. The van der Waals surface area contributed by atoms with E-state index in [0.717, 1.165) is 54.3 Å². The molecule has 0 atom stereocenters. The molecule has 2 aliphatic heterocycles. The van der Waals surface area contributed by atoms with Crippen LogP contribution in [0.5, 0.6) is 11.6 Å². The predicted octanol–water partition coefficient (Wildman–Crippen LogP) is 4.61. The second kappa shape index (κ2) is 11.8. The van der Waals surface area contributed by atoms with Gasteiger partial charge >= 0.3 is 0 Å². The number of benzene rings is 1. The number of rotatable bonds is 4. The highest BCUT2D eigenvalue weighted by Gasteiger charge is 2.12. The minimum Gasteiger partial charge on any atom is -0.492 e. The fourth-order valence-corrected chi connectivity index (χ4v) is 4.22. The SMILES string of the molecule is C1=CCOCc2cc(cc(OCCN3CCCC3)c2)Nc2nccc(n2)-c2ccnc(c2)OCC1. The molecular weight excluding hydrogens is 442 g/mol. The number of hydrogen-bond acceptors (Lipinski definition) is 8. The number of aromatic nitrogens is 3. The van der Waals surface area contributed by atoms with Gasteiger partial charge in [-0.05, 0) is 62.2 Å². The number of ether oxygens (including phenoxy) is 3. The molecule has 0 saturated carbocycles. The topological polar surface area (TPSA) is 81.6 Å². The summed E-state index contributed by atoms with van der Waals surface area (Å²) in [4.78, 5) is 15.9. The third-order valence-electron chi connectivity index (χ3n) is 5.97. The van der Waals surface area contributed by atoms with Crippen LogP contribution in [-0.2, 0) is 11.3 Å². The number of pyridine rings is 1. The number of nitrogens with zero attached hydrogens (tertiary/aromatic N) is 4. The summed E-state index contributed by atoms with van der Waals surface area (Å²) in [5.41, 5.74) is 3.59. The molecule has 35 heavy (non-hydrogen) atoms. The molecule has 1 saturated heterocycles. The Morgan fingerprint density at radius 2 is 1.91 bits per heavy atom. The molecule has 1 N–H and O–H groups in total. The number of nitrogens with one attached hydrogen (secondary N) is 1. The highest BCUT2D eigenvalue weighted by Crippen LogP contribution is 2.26. The molecule has 3 aromatic rings. The van der Waals surface area contributed by atoms with Crippen LogP contribution in [0, 0.1) is 0 Å². The van der Waals surface area contributed by atoms with Crippen molar-refractivity contribution in [1.82, 2.24) is 19.9 Å². The molecule has 0 unspecified atom stereocenters. The average molecular weight is 474 g/mol. The predicted molar refractivity (Wildman–Crippen MR) is 135 cm³/mol. The molecule has 0 spiro atoms. The summed E-state index contributed by atoms with van der Waals surface area (Å²) >= 11 is 0. The van der Waals surface area contributed by atoms with Gasteiger partial charge < -0.3 is 19.5 Å². The van der Waals surface area contributed by atoms with Gasteiger partial charge in [0.15, 0.2) is 0 Å². The molecule has 0 amide bonds. The first-order chi connectivity index (χ1) is 17.3. The van der Waals surface area contributed by atoms with Crippen LogP contribution < -0.4 is 14.8 Å². The third kappa shape index (κ3) is 6.77. The summed E-state index contributed by atoms with van der Waals surface area (Å²) in [6.07, 6.45) is 10.9. The first-order valence-corrected chi connectivity index (χ1v) is 12.2. The van der Waals surface area contributed by atoms with E-state index in [0.29, 0.717) is 38.3 Å². The maximum Gasteiger partial charge on any atom is 0.227 e. The summed E-state index contributed by atoms with van der Waals surface area (Å²) in [7, 11) is 0. The monoisotopic (exact) mass is 473 g/mol. The average Bonchev–Trinajstić information content (AvgIpc) is 3.39. The van der Waals surface area contributed by atoms with Crippen LogP contribution in [0.3, 0.4) is 0 Å². The molecule has 0 radical (unpaired) electrons. The quantitative estimate of drug-likeness (QED) is 0.550. The maximum absolute atomic E-state index is 6.13. The van der Waals surface area contributed by atoms with E-state index < -0.39 is 0 Å². The Balaban J connectivity index is 1.38. The van der Waals surface area contributed by atoms with E-state index in [-0.39, 0.29) is 0 Å². The Hall–Kier alpha value is -3.49. The minimum absolute atomic E-state index is 0.480. The van der Waals surface area contributed by atoms with Gasteiger partial charge in [-0.2, -0.15) is 0 Å². The molecule has 1 fully saturated rings. The third-order valence-corrected chi connectivity index (χ3v) is 5.97. The van der Waals surface area contributed by atoms with Crippen LogP contribution >= 0.6 is 0 Å². The van der Waals surface area contributed by atoms with E-state index in [2.05, 4.69) is 32.3 Å². The Morgan fingerprint density at radius 1 is 1.00 bits per heavy atom. The largest absolute Gasteiger partial charge is 0.492 e. The number of likely N-dealkylation sites (tertiary alicyclic amines) is 1. The number of hydrogen-bond donors (Lipinski definition) is 1. The van der Waals surface area contributed by atoms with Crippen molar-refractivity contribution in [3.05, 3.63) is 66.5 Å². The molecule has 1 aromatic carbocycles. The van der Waals surface area contributed by atoms with Gasteiger partial charge in [-0.25, -0.2) is 15.0 Å².